The van der Waals surface area contributed by atoms with Crippen molar-refractivity contribution in [3.63, 3.8) is 0 Å². The van der Waals surface area contributed by atoms with Gasteiger partial charge >= 0.3 is 0 Å². The zero-order valence-electron chi connectivity index (χ0n) is 3.90. The molecule has 0 spiro atoms. The van der Waals surface area contributed by atoms with Crippen LogP contribution in [0, 0.1) is 0 Å². The summed E-state index contributed by atoms with van der Waals surface area (Å²) in [5.74, 6) is 0. The van der Waals surface area contributed by atoms with Crippen LogP contribution in [-0.4, -0.2) is 20.7 Å². The Balaban J connectivity index is 2.76. The molecule has 0 bridgehead atoms. The Kier molecular flexibility index (Phi) is 1.31. The highest BCUT2D eigenvalue weighted by molar-refractivity contribution is 7.97. The van der Waals surface area contributed by atoms with Gasteiger partial charge in [0.05, 0.1) is 12.4 Å². The quantitative estimate of drug-likeness (QED) is 0.531. The Morgan fingerprint density at radius 3 is 2.86 bits per heavy atom. The molecular formula is C3H5N3S. The van der Waals surface area contributed by atoms with Crippen LogP contribution in [0.3, 0.4) is 0 Å². The van der Waals surface area contributed by atoms with E-state index in [1.54, 1.807) is 16.5 Å². The first kappa shape index (κ1) is 4.64. The third kappa shape index (κ3) is 0.928. The lowest BCUT2D eigenvalue weighted by molar-refractivity contribution is 0.892. The molecule has 0 aromatic carbocycles. The van der Waals surface area contributed by atoms with E-state index in [1.807, 2.05) is 6.26 Å². The van der Waals surface area contributed by atoms with E-state index >= 15 is 0 Å². The van der Waals surface area contributed by atoms with Gasteiger partial charge in [0, 0.05) is 6.26 Å². The summed E-state index contributed by atoms with van der Waals surface area (Å²) in [4.78, 5) is 0. The van der Waals surface area contributed by atoms with Crippen molar-refractivity contribution in [2.24, 2.45) is 0 Å². The molecule has 3 nitrogen and oxygen atoms in total. The molecule has 1 aromatic rings. The summed E-state index contributed by atoms with van der Waals surface area (Å²) >= 11 is 1.52. The molecule has 1 heterocycles. The van der Waals surface area contributed by atoms with E-state index in [4.69, 9.17) is 0 Å². The maximum atomic E-state index is 3.66. The first-order valence-electron chi connectivity index (χ1n) is 1.84. The third-order valence-electron chi connectivity index (χ3n) is 0.588. The maximum absolute atomic E-state index is 3.66. The molecule has 0 amide bonds. The highest BCUT2D eigenvalue weighted by atomic mass is 32.2. The second-order valence-electron chi connectivity index (χ2n) is 0.988. The first-order valence-corrected chi connectivity index (χ1v) is 3.02. The van der Waals surface area contributed by atoms with Gasteiger partial charge in [-0.15, -0.1) is 5.10 Å². The monoisotopic (exact) mass is 115 g/mol. The highest BCUT2D eigenvalue weighted by Crippen LogP contribution is 1.92. The largest absolute Gasteiger partial charge is 0.194 e. The van der Waals surface area contributed by atoms with Crippen molar-refractivity contribution in [2.75, 3.05) is 6.26 Å². The molecule has 1 aromatic heterocycles. The fourth-order valence-corrected chi connectivity index (χ4v) is 0.586. The topological polar surface area (TPSA) is 30.7 Å². The summed E-state index contributed by atoms with van der Waals surface area (Å²) in [6, 6.07) is 0. The van der Waals surface area contributed by atoms with Crippen molar-refractivity contribution >= 4 is 11.9 Å². The molecule has 38 valence electrons. The second kappa shape index (κ2) is 1.97. The molecule has 4 heteroatoms. The van der Waals surface area contributed by atoms with Crippen molar-refractivity contribution in [3.8, 4) is 0 Å². The Hall–Kier alpha value is -0.510. The van der Waals surface area contributed by atoms with Crippen molar-refractivity contribution in [1.82, 2.24) is 14.4 Å². The van der Waals surface area contributed by atoms with Gasteiger partial charge in [-0.1, -0.05) is 5.21 Å². The van der Waals surface area contributed by atoms with E-state index in [1.165, 1.54) is 11.9 Å². The number of hydrogen-bond donors (Lipinski definition) is 0. The lowest BCUT2D eigenvalue weighted by Gasteiger charge is -1.83. The van der Waals surface area contributed by atoms with Crippen molar-refractivity contribution in [3.05, 3.63) is 12.4 Å². The van der Waals surface area contributed by atoms with E-state index in [0.717, 1.165) is 0 Å². The Morgan fingerprint density at radius 1 is 1.71 bits per heavy atom. The average Bonchev–Trinajstić information content (AvgIpc) is 2.14. The minimum absolute atomic E-state index is 1.52. The normalized spacial score (nSPS) is 9.29. The number of rotatable bonds is 1. The molecule has 0 saturated heterocycles. The van der Waals surface area contributed by atoms with E-state index in [0.29, 0.717) is 0 Å². The van der Waals surface area contributed by atoms with Gasteiger partial charge in [-0.2, -0.15) is 4.09 Å². The van der Waals surface area contributed by atoms with E-state index in [9.17, 15) is 0 Å². The summed E-state index contributed by atoms with van der Waals surface area (Å²) < 4.78 is 1.68. The minimum Gasteiger partial charge on any atom is -0.194 e. The molecule has 0 aliphatic carbocycles. The van der Waals surface area contributed by atoms with Crippen LogP contribution >= 0.6 is 11.9 Å². The van der Waals surface area contributed by atoms with Crippen molar-refractivity contribution < 1.29 is 0 Å². The molecule has 0 N–H and O–H groups in total. The molecule has 1 rings (SSSR count). The fourth-order valence-electron chi connectivity index (χ4n) is 0.295. The predicted octanol–water partition coefficient (Wildman–Crippen LogP) is 0.404. The lowest BCUT2D eigenvalue weighted by atomic mass is 11.0. The Labute approximate surface area is 45.9 Å². The molecule has 7 heavy (non-hydrogen) atoms. The lowest BCUT2D eigenvalue weighted by Crippen LogP contribution is -1.83. The zero-order chi connectivity index (χ0) is 5.11. The average molecular weight is 115 g/mol. The summed E-state index contributed by atoms with van der Waals surface area (Å²) in [6.07, 6.45) is 5.38. The van der Waals surface area contributed by atoms with Gasteiger partial charge in [0.1, 0.15) is 0 Å². The molecule has 0 fully saturated rings. The van der Waals surface area contributed by atoms with Crippen molar-refractivity contribution in [2.45, 2.75) is 0 Å². The summed E-state index contributed by atoms with van der Waals surface area (Å²) in [7, 11) is 0. The van der Waals surface area contributed by atoms with Crippen LogP contribution in [0.15, 0.2) is 12.4 Å². The van der Waals surface area contributed by atoms with E-state index in [-0.39, 0.29) is 0 Å². The van der Waals surface area contributed by atoms with Crippen LogP contribution in [0.25, 0.3) is 0 Å². The van der Waals surface area contributed by atoms with Gasteiger partial charge in [0.15, 0.2) is 0 Å². The number of hydrogen-bond acceptors (Lipinski definition) is 3. The van der Waals surface area contributed by atoms with Gasteiger partial charge in [-0.3, -0.25) is 0 Å². The van der Waals surface area contributed by atoms with Gasteiger partial charge in [-0.25, -0.2) is 0 Å². The smallest absolute Gasteiger partial charge is 0.0704 e. The van der Waals surface area contributed by atoms with Gasteiger partial charge in [0.25, 0.3) is 0 Å². The maximum Gasteiger partial charge on any atom is 0.0704 e. The highest BCUT2D eigenvalue weighted by Gasteiger charge is 1.79. The Morgan fingerprint density at radius 2 is 2.57 bits per heavy atom. The predicted molar refractivity (Wildman–Crippen MR) is 28.9 cm³/mol. The SMILES string of the molecule is CSn1ccnn1. The summed E-state index contributed by atoms with van der Waals surface area (Å²) in [5.41, 5.74) is 0. The summed E-state index contributed by atoms with van der Waals surface area (Å²) in [6.45, 7) is 0. The molecule has 0 atom stereocenters. The molecule has 0 aliphatic rings. The van der Waals surface area contributed by atoms with Crippen LogP contribution < -0.4 is 0 Å². The molecule has 0 radical (unpaired) electrons. The number of aromatic nitrogens is 3. The summed E-state index contributed by atoms with van der Waals surface area (Å²) in [5, 5.41) is 7.25. The van der Waals surface area contributed by atoms with Gasteiger partial charge in [-0.05, 0) is 11.9 Å². The Bertz CT molecular complexity index is 125. The molecule has 0 aliphatic heterocycles. The zero-order valence-corrected chi connectivity index (χ0v) is 4.72. The molecule has 0 saturated carbocycles. The van der Waals surface area contributed by atoms with Crippen LogP contribution in [0.5, 0.6) is 0 Å². The standard InChI is InChI=1S/C3H5N3S/c1-7-6-3-2-4-5-6/h2-3H,1H3. The van der Waals surface area contributed by atoms with Crippen LogP contribution in [0.4, 0.5) is 0 Å². The molecular weight excluding hydrogens is 110 g/mol. The van der Waals surface area contributed by atoms with Crippen LogP contribution in [-0.2, 0) is 0 Å². The molecule has 0 unspecified atom stereocenters. The van der Waals surface area contributed by atoms with Gasteiger partial charge in [0.2, 0.25) is 0 Å². The van der Waals surface area contributed by atoms with E-state index in [2.05, 4.69) is 10.3 Å². The second-order valence-corrected chi connectivity index (χ2v) is 1.73. The van der Waals surface area contributed by atoms with E-state index < -0.39 is 0 Å². The van der Waals surface area contributed by atoms with Gasteiger partial charge < -0.3 is 0 Å². The first-order chi connectivity index (χ1) is 3.43. The van der Waals surface area contributed by atoms with Crippen molar-refractivity contribution in [1.29, 1.82) is 0 Å². The number of nitrogens with zero attached hydrogens (tertiary/aromatic N) is 3. The van der Waals surface area contributed by atoms with Crippen LogP contribution in [0.2, 0.25) is 0 Å². The fraction of sp³-hybridized carbons (Fsp3) is 0.333. The third-order valence-corrected chi connectivity index (χ3v) is 1.16. The van der Waals surface area contributed by atoms with Crippen LogP contribution in [0.1, 0.15) is 0 Å². The minimum atomic E-state index is 1.52.